The van der Waals surface area contributed by atoms with Crippen LogP contribution in [0.25, 0.3) is 10.8 Å². The molecule has 5 rings (SSSR count). The fourth-order valence-corrected chi connectivity index (χ4v) is 3.64. The molecule has 3 aromatic carbocycles. The first-order chi connectivity index (χ1) is 15.3. The van der Waals surface area contributed by atoms with Gasteiger partial charge < -0.3 is 25.1 Å². The molecule has 4 N–H and O–H groups in total. The van der Waals surface area contributed by atoms with Gasteiger partial charge >= 0.3 is 5.97 Å². The third-order valence-electron chi connectivity index (χ3n) is 4.90. The minimum atomic E-state index is -1.22. The van der Waals surface area contributed by atoms with Crippen molar-refractivity contribution in [1.82, 2.24) is 0 Å². The van der Waals surface area contributed by atoms with Gasteiger partial charge in [-0.15, -0.1) is 0 Å². The minimum absolute atomic E-state index is 0.0364. The standard InChI is InChI=1S/C22H15NO5.C2H4O2/c23-12-20(25)26-17-8-9-19-21-14(17)5-3-7-18(21)27-22(28-19)11-10-16(24)13-4-1-2-6-15(13)22;1-2(3)4/h1-11H,12,23H2;1H3,(H,3,4)/p+1. The van der Waals surface area contributed by atoms with Gasteiger partial charge in [-0.05, 0) is 24.3 Å². The van der Waals surface area contributed by atoms with Gasteiger partial charge in [0.1, 0.15) is 17.2 Å². The molecule has 0 aromatic heterocycles. The van der Waals surface area contributed by atoms with E-state index < -0.39 is 17.7 Å². The maximum Gasteiger partial charge on any atom is 0.366 e. The zero-order chi connectivity index (χ0) is 22.9. The first kappa shape index (κ1) is 21.1. The van der Waals surface area contributed by atoms with Crippen molar-refractivity contribution >= 4 is 28.5 Å². The highest BCUT2D eigenvalue weighted by Gasteiger charge is 2.44. The second-order valence-corrected chi connectivity index (χ2v) is 7.10. The predicted molar refractivity (Wildman–Crippen MR) is 113 cm³/mol. The van der Waals surface area contributed by atoms with Gasteiger partial charge in [-0.25, -0.2) is 4.79 Å². The second-order valence-electron chi connectivity index (χ2n) is 7.10. The quantitative estimate of drug-likeness (QED) is 0.468. The Hall–Kier alpha value is -4.17. The molecule has 0 saturated carbocycles. The van der Waals surface area contributed by atoms with Crippen molar-refractivity contribution in [3.8, 4) is 17.2 Å². The van der Waals surface area contributed by atoms with E-state index >= 15 is 0 Å². The van der Waals surface area contributed by atoms with Gasteiger partial charge in [0.05, 0.1) is 10.9 Å². The lowest BCUT2D eigenvalue weighted by Gasteiger charge is -2.39. The molecule has 3 aromatic rings. The van der Waals surface area contributed by atoms with Crippen LogP contribution in [0.2, 0.25) is 0 Å². The molecule has 0 amide bonds. The zero-order valence-electron chi connectivity index (χ0n) is 17.2. The summed E-state index contributed by atoms with van der Waals surface area (Å²) in [6.45, 7) is 1.12. The number of hydrogen-bond donors (Lipinski definition) is 2. The van der Waals surface area contributed by atoms with Gasteiger partial charge in [-0.3, -0.25) is 9.59 Å². The number of hydrogen-bond acceptors (Lipinski definition) is 6. The molecule has 8 heteroatoms. The number of esters is 1. The largest absolute Gasteiger partial charge is 0.481 e. The van der Waals surface area contributed by atoms with Crippen LogP contribution in [0.1, 0.15) is 22.8 Å². The number of rotatable bonds is 2. The Bertz CT molecular complexity index is 1260. The summed E-state index contributed by atoms with van der Waals surface area (Å²) >= 11 is 0. The molecule has 0 saturated heterocycles. The number of carbonyl (C=O) groups is 3. The molecule has 0 radical (unpaired) electrons. The van der Waals surface area contributed by atoms with Gasteiger partial charge in [-0.2, -0.15) is 0 Å². The van der Waals surface area contributed by atoms with Gasteiger partial charge in [0.25, 0.3) is 11.8 Å². The summed E-state index contributed by atoms with van der Waals surface area (Å²) in [5.41, 5.74) is 4.74. The second kappa shape index (κ2) is 8.16. The monoisotopic (exact) mass is 434 g/mol. The molecule has 162 valence electrons. The van der Waals surface area contributed by atoms with Crippen LogP contribution in [-0.2, 0) is 15.4 Å². The summed E-state index contributed by atoms with van der Waals surface area (Å²) in [5, 5.41) is 8.83. The smallest absolute Gasteiger partial charge is 0.366 e. The molecule has 1 unspecified atom stereocenters. The number of carboxylic acid groups (broad SMARTS) is 1. The maximum atomic E-state index is 12.3. The predicted octanol–water partition coefficient (Wildman–Crippen LogP) is 2.45. The summed E-state index contributed by atoms with van der Waals surface area (Å²) in [7, 11) is 0. The summed E-state index contributed by atoms with van der Waals surface area (Å²) in [6.07, 6.45) is 3.11. The van der Waals surface area contributed by atoms with Crippen LogP contribution in [0.5, 0.6) is 17.2 Å². The molecular weight excluding hydrogens is 414 g/mol. The van der Waals surface area contributed by atoms with Crippen molar-refractivity contribution in [3.05, 3.63) is 77.9 Å². The van der Waals surface area contributed by atoms with Crippen LogP contribution in [0.3, 0.4) is 0 Å². The average molecular weight is 434 g/mol. The first-order valence-electron chi connectivity index (χ1n) is 9.81. The molecule has 1 spiro atoms. The van der Waals surface area contributed by atoms with Crippen molar-refractivity contribution < 1.29 is 39.4 Å². The average Bonchev–Trinajstić information content (AvgIpc) is 2.78. The highest BCUT2D eigenvalue weighted by atomic mass is 16.7. The van der Waals surface area contributed by atoms with Crippen LogP contribution in [0.15, 0.2) is 66.7 Å². The van der Waals surface area contributed by atoms with Crippen LogP contribution in [0.4, 0.5) is 0 Å². The topological polar surface area (TPSA) is 127 Å². The van der Waals surface area contributed by atoms with E-state index in [1.807, 2.05) is 36.4 Å². The minimum Gasteiger partial charge on any atom is -0.481 e. The van der Waals surface area contributed by atoms with Crippen molar-refractivity contribution in [2.45, 2.75) is 12.7 Å². The number of aliphatic carboxylic acids is 1. The Kier molecular flexibility index (Phi) is 5.38. The van der Waals surface area contributed by atoms with Gasteiger partial charge in [0, 0.05) is 23.9 Å². The molecule has 2 aliphatic rings. The van der Waals surface area contributed by atoms with Crippen molar-refractivity contribution in [2.24, 2.45) is 0 Å². The van der Waals surface area contributed by atoms with Crippen molar-refractivity contribution in [3.63, 3.8) is 0 Å². The maximum absolute atomic E-state index is 12.3. The number of benzene rings is 3. The van der Waals surface area contributed by atoms with E-state index in [9.17, 15) is 9.59 Å². The van der Waals surface area contributed by atoms with Crippen LogP contribution in [-0.4, -0.2) is 29.4 Å². The number of fused-ring (bicyclic) bond motifs is 2. The van der Waals surface area contributed by atoms with E-state index in [4.69, 9.17) is 24.1 Å². The fraction of sp³-hybridized carbons (Fsp3) is 0.125. The summed E-state index contributed by atoms with van der Waals surface area (Å²) < 4.78 is 18.0. The Labute approximate surface area is 182 Å². The van der Waals surface area contributed by atoms with Crippen LogP contribution >= 0.6 is 0 Å². The molecule has 0 fully saturated rings. The third-order valence-corrected chi connectivity index (χ3v) is 4.90. The summed E-state index contributed by atoms with van der Waals surface area (Å²) in [4.78, 5) is 33.0. The normalized spacial score (nSPS) is 17.5. The molecule has 0 bridgehead atoms. The van der Waals surface area contributed by atoms with E-state index in [-0.39, 0.29) is 12.3 Å². The van der Waals surface area contributed by atoms with Gasteiger partial charge in [0.2, 0.25) is 0 Å². The van der Waals surface area contributed by atoms with E-state index in [0.717, 1.165) is 6.92 Å². The Morgan fingerprint density at radius 2 is 1.72 bits per heavy atom. The Morgan fingerprint density at radius 3 is 2.44 bits per heavy atom. The SMILES string of the molecule is CC(=O)O.[NH3+]CC(=O)Oc1ccc2c3c(cccc13)OC1(C=CC(=O)c3ccccc31)O2. The lowest BCUT2D eigenvalue weighted by atomic mass is 9.90. The number of quaternary nitrogens is 1. The number of ketones is 1. The van der Waals surface area contributed by atoms with Crippen molar-refractivity contribution in [2.75, 3.05) is 6.54 Å². The highest BCUT2D eigenvalue weighted by molar-refractivity contribution is 6.07. The molecule has 1 aliphatic carbocycles. The fourth-order valence-electron chi connectivity index (χ4n) is 3.64. The summed E-state index contributed by atoms with van der Waals surface area (Å²) in [6, 6.07) is 16.2. The molecule has 1 heterocycles. The number of ether oxygens (including phenoxy) is 3. The Balaban J connectivity index is 0.000000567. The van der Waals surface area contributed by atoms with Crippen LogP contribution in [0, 0.1) is 0 Å². The lowest BCUT2D eigenvalue weighted by Crippen LogP contribution is -2.55. The van der Waals surface area contributed by atoms with Gasteiger partial charge in [-0.1, -0.05) is 36.4 Å². The van der Waals surface area contributed by atoms with E-state index in [1.165, 1.54) is 6.08 Å². The van der Waals surface area contributed by atoms with E-state index in [1.54, 1.807) is 24.3 Å². The first-order valence-corrected chi connectivity index (χ1v) is 9.81. The molecular formula is C24H20NO7+. The van der Waals surface area contributed by atoms with Crippen molar-refractivity contribution in [1.29, 1.82) is 0 Å². The zero-order valence-corrected chi connectivity index (χ0v) is 17.2. The third kappa shape index (κ3) is 3.67. The summed E-state index contributed by atoms with van der Waals surface area (Å²) in [5.74, 6) is -0.977. The van der Waals surface area contributed by atoms with E-state index in [2.05, 4.69) is 5.73 Å². The molecule has 32 heavy (non-hydrogen) atoms. The van der Waals surface area contributed by atoms with Gasteiger partial charge in [0.15, 0.2) is 12.3 Å². The molecule has 1 atom stereocenters. The van der Waals surface area contributed by atoms with E-state index in [0.29, 0.717) is 39.1 Å². The molecule has 8 nitrogen and oxygen atoms in total. The lowest BCUT2D eigenvalue weighted by molar-refractivity contribution is -0.358. The highest BCUT2D eigenvalue weighted by Crippen LogP contribution is 2.49. The number of carboxylic acids is 1. The van der Waals surface area contributed by atoms with Crippen LogP contribution < -0.4 is 19.9 Å². The molecule has 1 aliphatic heterocycles. The Morgan fingerprint density at radius 1 is 1.03 bits per heavy atom. The number of allylic oxidation sites excluding steroid dienone is 1. The number of carbonyl (C=O) groups excluding carboxylic acids is 2.